The lowest BCUT2D eigenvalue weighted by atomic mass is 10.0. The summed E-state index contributed by atoms with van der Waals surface area (Å²) >= 11 is 0. The van der Waals surface area contributed by atoms with Crippen LogP contribution in [-0.4, -0.2) is 73.1 Å². The first-order valence-corrected chi connectivity index (χ1v) is 11.9. The van der Waals surface area contributed by atoms with Gasteiger partial charge in [-0.05, 0) is 43.3 Å². The Kier molecular flexibility index (Phi) is 6.51. The SMILES string of the molecule is COc1cc(C(=O)N(C)C)cnc1-c1cc2nccc(-c3ccc(OC4CCN(C)C4)c(C#N)c3)c2o1. The fourth-order valence-electron chi connectivity index (χ4n) is 4.50. The molecule has 0 saturated carbocycles. The van der Waals surface area contributed by atoms with Crippen LogP contribution in [0.4, 0.5) is 0 Å². The number of rotatable bonds is 6. The van der Waals surface area contributed by atoms with Crippen LogP contribution in [0.2, 0.25) is 0 Å². The fourth-order valence-corrected chi connectivity index (χ4v) is 4.50. The molecule has 1 aliphatic heterocycles. The van der Waals surface area contributed by atoms with Gasteiger partial charge >= 0.3 is 0 Å². The number of amides is 1. The number of likely N-dealkylation sites (tertiary alicyclic amines) is 1. The van der Waals surface area contributed by atoms with Crippen LogP contribution in [0.25, 0.3) is 33.7 Å². The highest BCUT2D eigenvalue weighted by Crippen LogP contribution is 2.37. The van der Waals surface area contributed by atoms with Crippen molar-refractivity contribution in [1.82, 2.24) is 19.8 Å². The summed E-state index contributed by atoms with van der Waals surface area (Å²) in [6, 6.07) is 13.1. The van der Waals surface area contributed by atoms with Crippen LogP contribution in [-0.2, 0) is 0 Å². The quantitative estimate of drug-likeness (QED) is 0.390. The van der Waals surface area contributed by atoms with Gasteiger partial charge in [0.25, 0.3) is 5.91 Å². The second-order valence-electron chi connectivity index (χ2n) is 9.27. The molecule has 1 amide bonds. The smallest absolute Gasteiger partial charge is 0.255 e. The Hall–Kier alpha value is -4.42. The largest absolute Gasteiger partial charge is 0.494 e. The van der Waals surface area contributed by atoms with E-state index in [9.17, 15) is 10.1 Å². The number of nitrogens with zero attached hydrogens (tertiary/aromatic N) is 5. The first-order chi connectivity index (χ1) is 17.9. The monoisotopic (exact) mass is 497 g/mol. The molecule has 1 unspecified atom stereocenters. The maximum atomic E-state index is 12.4. The van der Waals surface area contributed by atoms with E-state index in [-0.39, 0.29) is 12.0 Å². The number of likely N-dealkylation sites (N-methyl/N-ethyl adjacent to an activating group) is 1. The molecule has 1 aromatic carbocycles. The summed E-state index contributed by atoms with van der Waals surface area (Å²) in [6.07, 6.45) is 4.21. The van der Waals surface area contributed by atoms with Crippen molar-refractivity contribution in [3.63, 3.8) is 0 Å². The molecule has 0 bridgehead atoms. The number of aromatic nitrogens is 2. The zero-order valence-electron chi connectivity index (χ0n) is 21.2. The second kappa shape index (κ2) is 9.91. The normalized spacial score (nSPS) is 15.5. The lowest BCUT2D eigenvalue weighted by molar-refractivity contribution is 0.0827. The van der Waals surface area contributed by atoms with Crippen molar-refractivity contribution in [2.24, 2.45) is 0 Å². The molecule has 5 rings (SSSR count). The lowest BCUT2D eigenvalue weighted by Crippen LogP contribution is -2.21. The molecule has 9 nitrogen and oxygen atoms in total. The summed E-state index contributed by atoms with van der Waals surface area (Å²) in [7, 11) is 6.94. The number of hydrogen-bond donors (Lipinski definition) is 0. The van der Waals surface area contributed by atoms with E-state index in [1.807, 2.05) is 24.3 Å². The minimum absolute atomic E-state index is 0.0742. The number of benzene rings is 1. The summed E-state index contributed by atoms with van der Waals surface area (Å²) in [5, 5.41) is 9.81. The highest BCUT2D eigenvalue weighted by atomic mass is 16.5. The van der Waals surface area contributed by atoms with E-state index in [2.05, 4.69) is 28.0 Å². The Bertz CT molecular complexity index is 1520. The zero-order valence-corrected chi connectivity index (χ0v) is 21.2. The van der Waals surface area contributed by atoms with E-state index in [0.717, 1.165) is 30.6 Å². The number of pyridine rings is 2. The summed E-state index contributed by atoms with van der Waals surface area (Å²) < 4.78 is 17.9. The maximum absolute atomic E-state index is 12.4. The van der Waals surface area contributed by atoms with E-state index in [0.29, 0.717) is 45.2 Å². The molecule has 0 radical (unpaired) electrons. The van der Waals surface area contributed by atoms with Crippen molar-refractivity contribution >= 4 is 17.0 Å². The van der Waals surface area contributed by atoms with Gasteiger partial charge in [-0.15, -0.1) is 0 Å². The van der Waals surface area contributed by atoms with Crippen LogP contribution >= 0.6 is 0 Å². The van der Waals surface area contributed by atoms with Crippen LogP contribution < -0.4 is 9.47 Å². The van der Waals surface area contributed by atoms with Crippen molar-refractivity contribution in [2.75, 3.05) is 41.3 Å². The van der Waals surface area contributed by atoms with Crippen molar-refractivity contribution in [2.45, 2.75) is 12.5 Å². The molecule has 37 heavy (non-hydrogen) atoms. The zero-order chi connectivity index (χ0) is 26.1. The van der Waals surface area contributed by atoms with Gasteiger partial charge in [0.05, 0.1) is 18.2 Å². The minimum atomic E-state index is -0.174. The van der Waals surface area contributed by atoms with Gasteiger partial charge in [0.15, 0.2) is 11.3 Å². The number of carbonyl (C=O) groups excluding carboxylic acids is 1. The Morgan fingerprint density at radius 1 is 1.19 bits per heavy atom. The number of ether oxygens (including phenoxy) is 2. The van der Waals surface area contributed by atoms with E-state index < -0.39 is 0 Å². The number of furan rings is 1. The third kappa shape index (κ3) is 4.71. The summed E-state index contributed by atoms with van der Waals surface area (Å²) in [5.41, 5.74) is 4.14. The van der Waals surface area contributed by atoms with Crippen molar-refractivity contribution in [3.05, 3.63) is 59.9 Å². The van der Waals surface area contributed by atoms with E-state index >= 15 is 0 Å². The number of fused-ring (bicyclic) bond motifs is 1. The summed E-state index contributed by atoms with van der Waals surface area (Å²) in [6.45, 7) is 1.82. The number of nitriles is 1. The van der Waals surface area contributed by atoms with Gasteiger partial charge < -0.3 is 23.7 Å². The Balaban J connectivity index is 1.51. The molecule has 0 N–H and O–H groups in total. The first kappa shape index (κ1) is 24.3. The molecule has 1 saturated heterocycles. The summed E-state index contributed by atoms with van der Waals surface area (Å²) in [4.78, 5) is 25.0. The third-order valence-corrected chi connectivity index (χ3v) is 6.42. The molecule has 4 aromatic rings. The van der Waals surface area contributed by atoms with Gasteiger partial charge in [-0.25, -0.2) is 4.98 Å². The highest BCUT2D eigenvalue weighted by Gasteiger charge is 2.23. The van der Waals surface area contributed by atoms with Crippen LogP contribution in [0.15, 0.2) is 53.2 Å². The van der Waals surface area contributed by atoms with Gasteiger partial charge in [0.1, 0.15) is 34.9 Å². The van der Waals surface area contributed by atoms with E-state index in [1.165, 1.54) is 18.2 Å². The van der Waals surface area contributed by atoms with Gasteiger partial charge in [-0.2, -0.15) is 5.26 Å². The molecule has 0 spiro atoms. The van der Waals surface area contributed by atoms with Gasteiger partial charge in [-0.1, -0.05) is 6.07 Å². The third-order valence-electron chi connectivity index (χ3n) is 6.42. The van der Waals surface area contributed by atoms with Gasteiger partial charge in [-0.3, -0.25) is 9.78 Å². The Morgan fingerprint density at radius 2 is 2.03 bits per heavy atom. The Labute approximate surface area is 214 Å². The molecular weight excluding hydrogens is 470 g/mol. The maximum Gasteiger partial charge on any atom is 0.255 e. The van der Waals surface area contributed by atoms with E-state index in [4.69, 9.17) is 13.9 Å². The van der Waals surface area contributed by atoms with Crippen LogP contribution in [0.3, 0.4) is 0 Å². The Morgan fingerprint density at radius 3 is 2.73 bits per heavy atom. The summed E-state index contributed by atoms with van der Waals surface area (Å²) in [5.74, 6) is 1.28. The molecular formula is C28H27N5O4. The lowest BCUT2D eigenvalue weighted by Gasteiger charge is -2.15. The molecule has 1 aliphatic rings. The predicted octanol–water partition coefficient (Wildman–Crippen LogP) is 4.22. The van der Waals surface area contributed by atoms with Crippen molar-refractivity contribution in [1.29, 1.82) is 5.26 Å². The van der Waals surface area contributed by atoms with Crippen molar-refractivity contribution in [3.8, 4) is 40.1 Å². The fraction of sp³-hybridized carbons (Fsp3) is 0.286. The average molecular weight is 498 g/mol. The molecule has 1 fully saturated rings. The number of methoxy groups -OCH3 is 1. The number of hydrogen-bond acceptors (Lipinski definition) is 8. The predicted molar refractivity (Wildman–Crippen MR) is 138 cm³/mol. The van der Waals surface area contributed by atoms with Gasteiger partial charge in [0, 0.05) is 51.2 Å². The van der Waals surface area contributed by atoms with E-state index in [1.54, 1.807) is 32.4 Å². The van der Waals surface area contributed by atoms with Crippen molar-refractivity contribution < 1.29 is 18.7 Å². The number of carbonyl (C=O) groups is 1. The minimum Gasteiger partial charge on any atom is -0.494 e. The highest BCUT2D eigenvalue weighted by molar-refractivity contribution is 5.95. The van der Waals surface area contributed by atoms with Crippen LogP contribution in [0.5, 0.6) is 11.5 Å². The molecule has 3 aromatic heterocycles. The molecule has 0 aliphatic carbocycles. The first-order valence-electron chi connectivity index (χ1n) is 11.9. The molecule has 9 heteroatoms. The average Bonchev–Trinajstić information content (AvgIpc) is 3.53. The standard InChI is InChI=1S/C28H27N5O4/c1-32(2)28(34)19-12-24(35-4)26(31-15-19)25-13-22-27(37-25)21(7-9-30-22)17-5-6-23(18(11-17)14-29)36-20-8-10-33(3)16-20/h5-7,9,11-13,15,20H,8,10,16H2,1-4H3. The van der Waals surface area contributed by atoms with Crippen LogP contribution in [0.1, 0.15) is 22.3 Å². The van der Waals surface area contributed by atoms with Gasteiger partial charge in [0.2, 0.25) is 0 Å². The molecule has 188 valence electrons. The molecule has 4 heterocycles. The second-order valence-corrected chi connectivity index (χ2v) is 9.27. The van der Waals surface area contributed by atoms with Crippen LogP contribution in [0, 0.1) is 11.3 Å². The topological polar surface area (TPSA) is 105 Å². The molecule has 1 atom stereocenters.